The third kappa shape index (κ3) is 2.53. The lowest BCUT2D eigenvalue weighted by Gasteiger charge is -2.19. The van der Waals surface area contributed by atoms with Crippen molar-refractivity contribution in [2.24, 2.45) is 0 Å². The van der Waals surface area contributed by atoms with Crippen LogP contribution in [0.1, 0.15) is 29.2 Å². The molecule has 1 fully saturated rings. The van der Waals surface area contributed by atoms with Crippen molar-refractivity contribution in [2.75, 3.05) is 12.8 Å². The van der Waals surface area contributed by atoms with E-state index in [4.69, 9.17) is 9.52 Å². The van der Waals surface area contributed by atoms with Gasteiger partial charge in [-0.15, -0.1) is 0 Å². The number of carbonyl (C=O) groups is 2. The highest BCUT2D eigenvalue weighted by molar-refractivity contribution is 7.97. The van der Waals surface area contributed by atoms with Crippen molar-refractivity contribution in [2.45, 2.75) is 24.6 Å². The quantitative estimate of drug-likeness (QED) is 0.903. The maximum Gasteiger partial charge on any atom is 0.326 e. The summed E-state index contributed by atoms with van der Waals surface area (Å²) in [4.78, 5) is 24.5. The van der Waals surface area contributed by atoms with E-state index in [0.717, 1.165) is 12.2 Å². The van der Waals surface area contributed by atoms with E-state index >= 15 is 0 Å². The van der Waals surface area contributed by atoms with E-state index in [1.54, 1.807) is 23.9 Å². The molecule has 0 unspecified atom stereocenters. The summed E-state index contributed by atoms with van der Waals surface area (Å²) >= 11 is 1.60. The molecule has 1 amide bonds. The Morgan fingerprint density at radius 3 is 3.00 bits per heavy atom. The Balaban J connectivity index is 2.12. The van der Waals surface area contributed by atoms with Crippen LogP contribution in [0.4, 0.5) is 0 Å². The van der Waals surface area contributed by atoms with Gasteiger partial charge in [-0.25, -0.2) is 4.79 Å². The van der Waals surface area contributed by atoms with Gasteiger partial charge in [0.2, 0.25) is 0 Å². The van der Waals surface area contributed by atoms with E-state index in [1.807, 2.05) is 6.26 Å². The van der Waals surface area contributed by atoms with Crippen LogP contribution in [0.2, 0.25) is 0 Å². The lowest BCUT2D eigenvalue weighted by Crippen LogP contribution is -2.40. The van der Waals surface area contributed by atoms with E-state index in [0.29, 0.717) is 18.7 Å². The SMILES string of the molecule is CSCc1ccc(C(=O)N2CCC[C@@H]2C(=O)O)o1. The Labute approximate surface area is 109 Å². The van der Waals surface area contributed by atoms with Gasteiger partial charge in [0.15, 0.2) is 5.76 Å². The number of carboxylic acids is 1. The van der Waals surface area contributed by atoms with Crippen molar-refractivity contribution in [1.29, 1.82) is 0 Å². The summed E-state index contributed by atoms with van der Waals surface area (Å²) in [5.74, 6) is 0.392. The van der Waals surface area contributed by atoms with Gasteiger partial charge in [0, 0.05) is 6.54 Å². The van der Waals surface area contributed by atoms with Crippen LogP contribution in [-0.2, 0) is 10.5 Å². The predicted octanol–water partition coefficient (Wildman–Crippen LogP) is 1.83. The standard InChI is InChI=1S/C12H15NO4S/c1-18-7-8-4-5-10(17-8)11(14)13-6-2-3-9(13)12(15)16/h4-5,9H,2-3,6-7H2,1H3,(H,15,16)/t9-/m1/s1. The van der Waals surface area contributed by atoms with Gasteiger partial charge < -0.3 is 14.4 Å². The fourth-order valence-corrected chi connectivity index (χ4v) is 2.56. The molecule has 18 heavy (non-hydrogen) atoms. The molecular formula is C12H15NO4S. The molecule has 5 nitrogen and oxygen atoms in total. The molecule has 2 rings (SSSR count). The summed E-state index contributed by atoms with van der Waals surface area (Å²) in [7, 11) is 0. The molecule has 1 atom stereocenters. The predicted molar refractivity (Wildman–Crippen MR) is 67.6 cm³/mol. The topological polar surface area (TPSA) is 70.8 Å². The Morgan fingerprint density at radius 1 is 1.56 bits per heavy atom. The molecule has 0 radical (unpaired) electrons. The number of amides is 1. The molecule has 2 heterocycles. The normalized spacial score (nSPS) is 19.2. The van der Waals surface area contributed by atoms with Crippen LogP contribution in [-0.4, -0.2) is 40.7 Å². The lowest BCUT2D eigenvalue weighted by atomic mass is 10.2. The highest BCUT2D eigenvalue weighted by atomic mass is 32.2. The van der Waals surface area contributed by atoms with Gasteiger partial charge in [0.1, 0.15) is 11.8 Å². The summed E-state index contributed by atoms with van der Waals surface area (Å²) in [6, 6.07) is 2.66. The number of aliphatic carboxylic acids is 1. The largest absolute Gasteiger partial charge is 0.480 e. The molecule has 1 aliphatic rings. The van der Waals surface area contributed by atoms with Crippen LogP contribution in [0.5, 0.6) is 0 Å². The first-order valence-corrected chi connectivity index (χ1v) is 7.14. The van der Waals surface area contributed by atoms with Crippen LogP contribution in [0, 0.1) is 0 Å². The van der Waals surface area contributed by atoms with Crippen molar-refractivity contribution in [3.63, 3.8) is 0 Å². The average molecular weight is 269 g/mol. The highest BCUT2D eigenvalue weighted by Crippen LogP contribution is 2.22. The molecule has 0 saturated carbocycles. The van der Waals surface area contributed by atoms with E-state index < -0.39 is 12.0 Å². The number of likely N-dealkylation sites (tertiary alicyclic amines) is 1. The van der Waals surface area contributed by atoms with Gasteiger partial charge in [-0.05, 0) is 31.2 Å². The Hall–Kier alpha value is -1.43. The number of rotatable bonds is 4. The monoisotopic (exact) mass is 269 g/mol. The molecule has 0 bridgehead atoms. The zero-order valence-electron chi connectivity index (χ0n) is 10.1. The minimum Gasteiger partial charge on any atom is -0.480 e. The van der Waals surface area contributed by atoms with Crippen LogP contribution in [0.15, 0.2) is 16.5 Å². The first kappa shape index (κ1) is 13.0. The van der Waals surface area contributed by atoms with Crippen LogP contribution >= 0.6 is 11.8 Å². The van der Waals surface area contributed by atoms with Gasteiger partial charge in [-0.2, -0.15) is 11.8 Å². The fraction of sp³-hybridized carbons (Fsp3) is 0.500. The van der Waals surface area contributed by atoms with E-state index in [9.17, 15) is 9.59 Å². The number of carboxylic acid groups (broad SMARTS) is 1. The van der Waals surface area contributed by atoms with Gasteiger partial charge in [-0.1, -0.05) is 0 Å². The third-order valence-electron chi connectivity index (χ3n) is 2.96. The summed E-state index contributed by atoms with van der Waals surface area (Å²) in [6.45, 7) is 0.481. The zero-order chi connectivity index (χ0) is 13.1. The molecule has 1 aromatic heterocycles. The number of nitrogens with zero attached hydrogens (tertiary/aromatic N) is 1. The summed E-state index contributed by atoms with van der Waals surface area (Å²) in [5, 5.41) is 9.04. The molecular weight excluding hydrogens is 254 g/mol. The maximum atomic E-state index is 12.1. The van der Waals surface area contributed by atoms with Crippen LogP contribution < -0.4 is 0 Å². The first-order chi connectivity index (χ1) is 8.63. The fourth-order valence-electron chi connectivity index (χ4n) is 2.12. The number of furan rings is 1. The van der Waals surface area contributed by atoms with Gasteiger partial charge in [0.05, 0.1) is 5.75 Å². The maximum absolute atomic E-state index is 12.1. The number of hydrogen-bond acceptors (Lipinski definition) is 4. The molecule has 1 aromatic rings. The molecule has 1 saturated heterocycles. The first-order valence-electron chi connectivity index (χ1n) is 5.75. The van der Waals surface area contributed by atoms with Crippen molar-refractivity contribution in [1.82, 2.24) is 4.90 Å². The smallest absolute Gasteiger partial charge is 0.326 e. The summed E-state index contributed by atoms with van der Waals surface area (Å²) in [5.41, 5.74) is 0. The van der Waals surface area contributed by atoms with Crippen molar-refractivity contribution < 1.29 is 19.1 Å². The lowest BCUT2D eigenvalue weighted by molar-refractivity contribution is -0.141. The second kappa shape index (κ2) is 5.48. The van der Waals surface area contributed by atoms with Gasteiger partial charge >= 0.3 is 5.97 Å². The molecule has 98 valence electrons. The molecule has 6 heteroatoms. The zero-order valence-corrected chi connectivity index (χ0v) is 10.9. The summed E-state index contributed by atoms with van der Waals surface area (Å²) < 4.78 is 5.42. The van der Waals surface area contributed by atoms with Gasteiger partial charge in [-0.3, -0.25) is 4.79 Å². The minimum absolute atomic E-state index is 0.229. The molecule has 1 aliphatic heterocycles. The highest BCUT2D eigenvalue weighted by Gasteiger charge is 2.35. The Morgan fingerprint density at radius 2 is 2.33 bits per heavy atom. The van der Waals surface area contributed by atoms with Crippen molar-refractivity contribution >= 4 is 23.6 Å². The number of hydrogen-bond donors (Lipinski definition) is 1. The second-order valence-electron chi connectivity index (χ2n) is 4.19. The molecule has 0 aliphatic carbocycles. The van der Waals surface area contributed by atoms with Crippen molar-refractivity contribution in [3.05, 3.63) is 23.7 Å². The minimum atomic E-state index is -0.947. The third-order valence-corrected chi connectivity index (χ3v) is 3.53. The summed E-state index contributed by atoms with van der Waals surface area (Å²) in [6.07, 6.45) is 3.19. The average Bonchev–Trinajstić information content (AvgIpc) is 2.96. The van der Waals surface area contributed by atoms with Crippen LogP contribution in [0.25, 0.3) is 0 Å². The second-order valence-corrected chi connectivity index (χ2v) is 5.06. The molecule has 1 N–H and O–H groups in total. The number of carbonyl (C=O) groups excluding carboxylic acids is 1. The molecule has 0 spiro atoms. The number of thioether (sulfide) groups is 1. The molecule has 0 aromatic carbocycles. The van der Waals surface area contributed by atoms with Crippen LogP contribution in [0.3, 0.4) is 0 Å². The Bertz CT molecular complexity index is 457. The Kier molecular flexibility index (Phi) is 3.96. The van der Waals surface area contributed by atoms with E-state index in [1.165, 1.54) is 4.90 Å². The van der Waals surface area contributed by atoms with E-state index in [-0.39, 0.29) is 11.7 Å². The van der Waals surface area contributed by atoms with Gasteiger partial charge in [0.25, 0.3) is 5.91 Å². The van der Waals surface area contributed by atoms with E-state index in [2.05, 4.69) is 0 Å². The van der Waals surface area contributed by atoms with Crippen molar-refractivity contribution in [3.8, 4) is 0 Å².